The molecule has 0 unspecified atom stereocenters. The van der Waals surface area contributed by atoms with E-state index in [1.807, 2.05) is 0 Å². The molecular formula is C12H14BrF3N2O. The molecule has 1 aromatic carbocycles. The van der Waals surface area contributed by atoms with Crippen LogP contribution in [-0.4, -0.2) is 25.2 Å². The minimum absolute atomic E-state index is 0.00603. The Labute approximate surface area is 117 Å². The van der Waals surface area contributed by atoms with Crippen LogP contribution >= 0.6 is 15.9 Å². The second-order valence-corrected chi connectivity index (χ2v) is 4.87. The van der Waals surface area contributed by atoms with Gasteiger partial charge in [-0.2, -0.15) is 13.2 Å². The van der Waals surface area contributed by atoms with Crippen molar-refractivity contribution in [1.29, 1.82) is 0 Å². The van der Waals surface area contributed by atoms with Crippen LogP contribution in [0.15, 0.2) is 28.7 Å². The maximum Gasteiger partial charge on any atom is 0.389 e. The largest absolute Gasteiger partial charge is 0.389 e. The number of anilines is 1. The van der Waals surface area contributed by atoms with E-state index in [2.05, 4.69) is 26.6 Å². The van der Waals surface area contributed by atoms with Gasteiger partial charge in [-0.25, -0.2) is 0 Å². The number of hydrogen-bond donors (Lipinski definition) is 2. The lowest BCUT2D eigenvalue weighted by Crippen LogP contribution is -2.29. The Hall–Kier alpha value is -1.08. The summed E-state index contributed by atoms with van der Waals surface area (Å²) in [4.78, 5) is 11.4. The summed E-state index contributed by atoms with van der Waals surface area (Å²) in [7, 11) is 0. The fourth-order valence-corrected chi connectivity index (χ4v) is 1.62. The van der Waals surface area contributed by atoms with E-state index in [-0.39, 0.29) is 25.4 Å². The standard InChI is InChI=1S/C12H14BrF3N2O/c13-9-2-4-10(5-3-9)18-11(19)8-17-7-1-6-12(14,15)16/h2-5,17H,1,6-8H2,(H,18,19). The average molecular weight is 339 g/mol. The number of hydrogen-bond acceptors (Lipinski definition) is 2. The molecule has 3 nitrogen and oxygen atoms in total. The smallest absolute Gasteiger partial charge is 0.325 e. The van der Waals surface area contributed by atoms with Crippen LogP contribution in [0.1, 0.15) is 12.8 Å². The lowest BCUT2D eigenvalue weighted by molar-refractivity contribution is -0.135. The van der Waals surface area contributed by atoms with Crippen LogP contribution in [0.4, 0.5) is 18.9 Å². The van der Waals surface area contributed by atoms with Crippen molar-refractivity contribution in [3.8, 4) is 0 Å². The predicted octanol–water partition coefficient (Wildman–Crippen LogP) is 3.32. The Morgan fingerprint density at radius 2 is 1.84 bits per heavy atom. The molecule has 0 fully saturated rings. The van der Waals surface area contributed by atoms with Gasteiger partial charge in [-0.1, -0.05) is 15.9 Å². The lowest BCUT2D eigenvalue weighted by Gasteiger charge is -2.08. The zero-order chi connectivity index (χ0) is 14.3. The summed E-state index contributed by atoms with van der Waals surface area (Å²) in [6.45, 7) is 0.154. The lowest BCUT2D eigenvalue weighted by atomic mass is 10.3. The Morgan fingerprint density at radius 1 is 1.21 bits per heavy atom. The molecule has 0 aliphatic heterocycles. The first-order valence-electron chi connectivity index (χ1n) is 5.70. The van der Waals surface area contributed by atoms with E-state index in [9.17, 15) is 18.0 Å². The van der Waals surface area contributed by atoms with E-state index in [0.29, 0.717) is 5.69 Å². The summed E-state index contributed by atoms with van der Waals surface area (Å²) >= 11 is 3.27. The van der Waals surface area contributed by atoms with Crippen LogP contribution < -0.4 is 10.6 Å². The van der Waals surface area contributed by atoms with E-state index in [1.54, 1.807) is 24.3 Å². The monoisotopic (exact) mass is 338 g/mol. The Balaban J connectivity index is 2.16. The molecule has 0 aliphatic rings. The molecule has 0 saturated heterocycles. The maximum atomic E-state index is 11.9. The minimum atomic E-state index is -4.14. The van der Waals surface area contributed by atoms with Crippen molar-refractivity contribution in [1.82, 2.24) is 5.32 Å². The topological polar surface area (TPSA) is 41.1 Å². The highest BCUT2D eigenvalue weighted by atomic mass is 79.9. The van der Waals surface area contributed by atoms with Gasteiger partial charge in [0, 0.05) is 16.6 Å². The molecule has 1 amide bonds. The van der Waals surface area contributed by atoms with E-state index < -0.39 is 12.6 Å². The maximum absolute atomic E-state index is 11.9. The second-order valence-electron chi connectivity index (χ2n) is 3.95. The summed E-state index contributed by atoms with van der Waals surface area (Å²) in [6.07, 6.45) is -5.01. The van der Waals surface area contributed by atoms with Crippen molar-refractivity contribution in [2.45, 2.75) is 19.0 Å². The zero-order valence-electron chi connectivity index (χ0n) is 10.1. The van der Waals surface area contributed by atoms with Gasteiger partial charge in [0.05, 0.1) is 6.54 Å². The highest BCUT2D eigenvalue weighted by Crippen LogP contribution is 2.20. The van der Waals surface area contributed by atoms with Crippen molar-refractivity contribution in [3.63, 3.8) is 0 Å². The quantitative estimate of drug-likeness (QED) is 0.781. The minimum Gasteiger partial charge on any atom is -0.325 e. The normalized spacial score (nSPS) is 11.4. The van der Waals surface area contributed by atoms with Gasteiger partial charge in [0.1, 0.15) is 0 Å². The first kappa shape index (κ1) is 16.0. The highest BCUT2D eigenvalue weighted by molar-refractivity contribution is 9.10. The Morgan fingerprint density at radius 3 is 2.42 bits per heavy atom. The van der Waals surface area contributed by atoms with Crippen molar-refractivity contribution < 1.29 is 18.0 Å². The number of halogens is 4. The number of rotatable bonds is 6. The molecule has 0 aromatic heterocycles. The fraction of sp³-hybridized carbons (Fsp3) is 0.417. The predicted molar refractivity (Wildman–Crippen MR) is 70.9 cm³/mol. The van der Waals surface area contributed by atoms with Gasteiger partial charge in [-0.05, 0) is 37.2 Å². The number of carbonyl (C=O) groups excluding carboxylic acids is 1. The zero-order valence-corrected chi connectivity index (χ0v) is 11.6. The number of carbonyl (C=O) groups is 1. The van der Waals surface area contributed by atoms with Gasteiger partial charge in [0.15, 0.2) is 0 Å². The van der Waals surface area contributed by atoms with Crippen LogP contribution in [0.2, 0.25) is 0 Å². The molecule has 1 rings (SSSR count). The van der Waals surface area contributed by atoms with E-state index in [1.165, 1.54) is 0 Å². The molecule has 2 N–H and O–H groups in total. The Bertz CT molecular complexity index is 406. The van der Waals surface area contributed by atoms with Crippen molar-refractivity contribution in [3.05, 3.63) is 28.7 Å². The van der Waals surface area contributed by atoms with Crippen LogP contribution in [0.3, 0.4) is 0 Å². The number of alkyl halides is 3. The molecule has 7 heteroatoms. The number of benzene rings is 1. The SMILES string of the molecule is O=C(CNCCCC(F)(F)F)Nc1ccc(Br)cc1. The first-order valence-corrected chi connectivity index (χ1v) is 6.49. The van der Waals surface area contributed by atoms with Crippen molar-refractivity contribution in [2.24, 2.45) is 0 Å². The van der Waals surface area contributed by atoms with Crippen LogP contribution in [0.25, 0.3) is 0 Å². The van der Waals surface area contributed by atoms with E-state index in [0.717, 1.165) is 4.47 Å². The van der Waals surface area contributed by atoms with Crippen LogP contribution in [0, 0.1) is 0 Å². The molecular weight excluding hydrogens is 325 g/mol. The molecule has 0 heterocycles. The molecule has 0 bridgehead atoms. The molecule has 0 saturated carbocycles. The molecule has 19 heavy (non-hydrogen) atoms. The number of nitrogens with one attached hydrogen (secondary N) is 2. The summed E-state index contributed by atoms with van der Waals surface area (Å²) in [6, 6.07) is 7.02. The van der Waals surface area contributed by atoms with Gasteiger partial charge >= 0.3 is 6.18 Å². The summed E-state index contributed by atoms with van der Waals surface area (Å²) in [5.74, 6) is -0.283. The van der Waals surface area contributed by atoms with Gasteiger partial charge in [-0.15, -0.1) is 0 Å². The summed E-state index contributed by atoms with van der Waals surface area (Å²) < 4.78 is 36.5. The molecule has 0 atom stereocenters. The number of amides is 1. The highest BCUT2D eigenvalue weighted by Gasteiger charge is 2.25. The van der Waals surface area contributed by atoms with Crippen LogP contribution in [-0.2, 0) is 4.79 Å². The average Bonchev–Trinajstić information content (AvgIpc) is 2.30. The summed E-state index contributed by atoms with van der Waals surface area (Å²) in [5.41, 5.74) is 0.644. The van der Waals surface area contributed by atoms with E-state index >= 15 is 0 Å². The van der Waals surface area contributed by atoms with Gasteiger partial charge < -0.3 is 10.6 Å². The third kappa shape index (κ3) is 7.84. The van der Waals surface area contributed by atoms with Crippen molar-refractivity contribution >= 4 is 27.5 Å². The van der Waals surface area contributed by atoms with Gasteiger partial charge in [0.2, 0.25) is 5.91 Å². The molecule has 0 spiro atoms. The molecule has 0 radical (unpaired) electrons. The summed E-state index contributed by atoms with van der Waals surface area (Å²) in [5, 5.41) is 5.30. The van der Waals surface area contributed by atoms with Gasteiger partial charge in [0.25, 0.3) is 0 Å². The van der Waals surface area contributed by atoms with Crippen LogP contribution in [0.5, 0.6) is 0 Å². The molecule has 106 valence electrons. The second kappa shape index (κ2) is 7.49. The third-order valence-corrected chi connectivity index (χ3v) is 2.76. The third-order valence-electron chi connectivity index (χ3n) is 2.23. The van der Waals surface area contributed by atoms with Crippen molar-refractivity contribution in [2.75, 3.05) is 18.4 Å². The molecule has 1 aromatic rings. The van der Waals surface area contributed by atoms with E-state index in [4.69, 9.17) is 0 Å². The molecule has 0 aliphatic carbocycles. The fourth-order valence-electron chi connectivity index (χ4n) is 1.35. The van der Waals surface area contributed by atoms with Gasteiger partial charge in [-0.3, -0.25) is 4.79 Å². The first-order chi connectivity index (χ1) is 8.87. The Kier molecular flexibility index (Phi) is 6.30.